The highest BCUT2D eigenvalue weighted by atomic mass is 79.9. The summed E-state index contributed by atoms with van der Waals surface area (Å²) in [5, 5.41) is 0.904. The monoisotopic (exact) mass is 281 g/mol. The van der Waals surface area contributed by atoms with Gasteiger partial charge in [0.2, 0.25) is 5.91 Å². The summed E-state index contributed by atoms with van der Waals surface area (Å²) in [7, 11) is 0. The van der Waals surface area contributed by atoms with Gasteiger partial charge < -0.3 is 4.90 Å². The molecule has 1 fully saturated rings. The van der Waals surface area contributed by atoms with Crippen LogP contribution in [0.25, 0.3) is 0 Å². The predicted octanol–water partition coefficient (Wildman–Crippen LogP) is 2.79. The fourth-order valence-electron chi connectivity index (χ4n) is 2.13. The second-order valence-corrected chi connectivity index (χ2v) is 4.85. The SMILES string of the molecule is O=C1CCCN1CC(CBr)c1ccccc1. The van der Waals surface area contributed by atoms with Crippen LogP contribution in [0.1, 0.15) is 24.3 Å². The van der Waals surface area contributed by atoms with Gasteiger partial charge in [0.1, 0.15) is 0 Å². The minimum absolute atomic E-state index is 0.307. The first-order valence-electron chi connectivity index (χ1n) is 5.70. The first-order valence-corrected chi connectivity index (χ1v) is 6.82. The summed E-state index contributed by atoms with van der Waals surface area (Å²) in [5.41, 5.74) is 1.30. The van der Waals surface area contributed by atoms with Gasteiger partial charge in [-0.1, -0.05) is 46.3 Å². The van der Waals surface area contributed by atoms with Crippen LogP contribution < -0.4 is 0 Å². The molecule has 0 bridgehead atoms. The zero-order valence-corrected chi connectivity index (χ0v) is 10.8. The summed E-state index contributed by atoms with van der Waals surface area (Å²) in [6, 6.07) is 10.4. The number of halogens is 1. The number of hydrogen-bond donors (Lipinski definition) is 0. The molecule has 0 aromatic heterocycles. The van der Waals surface area contributed by atoms with E-state index < -0.39 is 0 Å². The highest BCUT2D eigenvalue weighted by molar-refractivity contribution is 9.09. The smallest absolute Gasteiger partial charge is 0.222 e. The molecule has 1 aromatic carbocycles. The number of carbonyl (C=O) groups excluding carboxylic acids is 1. The molecule has 16 heavy (non-hydrogen) atoms. The van der Waals surface area contributed by atoms with E-state index in [2.05, 4.69) is 40.2 Å². The molecular weight excluding hydrogens is 266 g/mol. The lowest BCUT2D eigenvalue weighted by Gasteiger charge is -2.22. The zero-order chi connectivity index (χ0) is 11.4. The van der Waals surface area contributed by atoms with E-state index in [0.29, 0.717) is 11.8 Å². The number of amides is 1. The topological polar surface area (TPSA) is 20.3 Å². The minimum atomic E-state index is 0.307. The van der Waals surface area contributed by atoms with Gasteiger partial charge in [0, 0.05) is 30.8 Å². The second kappa shape index (κ2) is 5.48. The minimum Gasteiger partial charge on any atom is -0.342 e. The lowest BCUT2D eigenvalue weighted by Crippen LogP contribution is -2.30. The maximum Gasteiger partial charge on any atom is 0.222 e. The van der Waals surface area contributed by atoms with Crippen molar-refractivity contribution in [2.45, 2.75) is 18.8 Å². The average Bonchev–Trinajstić information content (AvgIpc) is 2.73. The third-order valence-electron chi connectivity index (χ3n) is 3.07. The van der Waals surface area contributed by atoms with E-state index in [9.17, 15) is 4.79 Å². The molecule has 1 amide bonds. The van der Waals surface area contributed by atoms with Crippen molar-refractivity contribution in [3.8, 4) is 0 Å². The molecule has 0 N–H and O–H groups in total. The van der Waals surface area contributed by atoms with Crippen LogP contribution in [0.15, 0.2) is 30.3 Å². The van der Waals surface area contributed by atoms with Crippen LogP contribution in [0.4, 0.5) is 0 Å². The molecule has 1 unspecified atom stereocenters. The molecule has 2 nitrogen and oxygen atoms in total. The summed E-state index contributed by atoms with van der Waals surface area (Å²) in [6.45, 7) is 1.77. The number of carbonyl (C=O) groups is 1. The Kier molecular flexibility index (Phi) is 3.99. The van der Waals surface area contributed by atoms with Crippen molar-refractivity contribution < 1.29 is 4.79 Å². The first-order chi connectivity index (χ1) is 7.81. The lowest BCUT2D eigenvalue weighted by atomic mass is 10.0. The van der Waals surface area contributed by atoms with Crippen molar-refractivity contribution in [3.63, 3.8) is 0 Å². The maximum absolute atomic E-state index is 11.6. The van der Waals surface area contributed by atoms with Crippen molar-refractivity contribution in [2.24, 2.45) is 0 Å². The molecule has 1 aliphatic rings. The van der Waals surface area contributed by atoms with E-state index in [1.807, 2.05) is 11.0 Å². The third-order valence-corrected chi connectivity index (χ3v) is 3.85. The van der Waals surface area contributed by atoms with Crippen LogP contribution in [0.2, 0.25) is 0 Å². The summed E-state index contributed by atoms with van der Waals surface area (Å²) < 4.78 is 0. The van der Waals surface area contributed by atoms with E-state index in [0.717, 1.165) is 31.3 Å². The highest BCUT2D eigenvalue weighted by Crippen LogP contribution is 2.22. The number of hydrogen-bond acceptors (Lipinski definition) is 1. The Hall–Kier alpha value is -0.830. The molecule has 2 rings (SSSR count). The van der Waals surface area contributed by atoms with Crippen LogP contribution in [-0.2, 0) is 4.79 Å². The normalized spacial score (nSPS) is 17.8. The van der Waals surface area contributed by atoms with Gasteiger partial charge in [-0.3, -0.25) is 4.79 Å². The quantitative estimate of drug-likeness (QED) is 0.778. The number of rotatable bonds is 4. The molecule has 0 radical (unpaired) electrons. The van der Waals surface area contributed by atoms with Gasteiger partial charge in [-0.05, 0) is 12.0 Å². The molecular formula is C13H16BrNO. The van der Waals surface area contributed by atoms with E-state index in [1.54, 1.807) is 0 Å². The third kappa shape index (κ3) is 2.64. The Morgan fingerprint density at radius 2 is 2.06 bits per heavy atom. The van der Waals surface area contributed by atoms with Crippen molar-refractivity contribution in [2.75, 3.05) is 18.4 Å². The predicted molar refractivity (Wildman–Crippen MR) is 68.8 cm³/mol. The number of nitrogens with zero attached hydrogens (tertiary/aromatic N) is 1. The molecule has 1 atom stereocenters. The molecule has 0 saturated carbocycles. The molecule has 1 saturated heterocycles. The van der Waals surface area contributed by atoms with Crippen LogP contribution in [0.5, 0.6) is 0 Å². The van der Waals surface area contributed by atoms with Gasteiger partial charge in [-0.2, -0.15) is 0 Å². The number of alkyl halides is 1. The fraction of sp³-hybridized carbons (Fsp3) is 0.462. The number of benzene rings is 1. The van der Waals surface area contributed by atoms with Crippen molar-refractivity contribution >= 4 is 21.8 Å². The largest absolute Gasteiger partial charge is 0.342 e. The maximum atomic E-state index is 11.6. The average molecular weight is 282 g/mol. The lowest BCUT2D eigenvalue weighted by molar-refractivity contribution is -0.127. The van der Waals surface area contributed by atoms with E-state index in [4.69, 9.17) is 0 Å². The van der Waals surface area contributed by atoms with E-state index >= 15 is 0 Å². The Bertz CT molecular complexity index is 352. The Labute approximate surface area is 105 Å². The molecule has 1 heterocycles. The molecule has 0 spiro atoms. The Morgan fingerprint density at radius 1 is 1.31 bits per heavy atom. The molecule has 1 aliphatic heterocycles. The first kappa shape index (κ1) is 11.6. The van der Waals surface area contributed by atoms with Crippen LogP contribution in [0, 0.1) is 0 Å². The van der Waals surface area contributed by atoms with E-state index in [-0.39, 0.29) is 0 Å². The fourth-order valence-corrected chi connectivity index (χ4v) is 2.71. The van der Waals surface area contributed by atoms with Gasteiger partial charge in [0.05, 0.1) is 0 Å². The van der Waals surface area contributed by atoms with Gasteiger partial charge in [0.15, 0.2) is 0 Å². The van der Waals surface area contributed by atoms with Gasteiger partial charge in [0.25, 0.3) is 0 Å². The summed E-state index contributed by atoms with van der Waals surface area (Å²) >= 11 is 3.54. The molecule has 86 valence electrons. The second-order valence-electron chi connectivity index (χ2n) is 4.21. The van der Waals surface area contributed by atoms with Crippen molar-refractivity contribution in [1.82, 2.24) is 4.90 Å². The van der Waals surface area contributed by atoms with Crippen molar-refractivity contribution in [1.29, 1.82) is 0 Å². The zero-order valence-electron chi connectivity index (χ0n) is 9.23. The highest BCUT2D eigenvalue weighted by Gasteiger charge is 2.23. The van der Waals surface area contributed by atoms with Crippen LogP contribution >= 0.6 is 15.9 Å². The van der Waals surface area contributed by atoms with Gasteiger partial charge >= 0.3 is 0 Å². The summed E-state index contributed by atoms with van der Waals surface area (Å²) in [4.78, 5) is 13.6. The van der Waals surface area contributed by atoms with Gasteiger partial charge in [-0.15, -0.1) is 0 Å². The molecule has 0 aliphatic carbocycles. The van der Waals surface area contributed by atoms with Crippen LogP contribution in [0.3, 0.4) is 0 Å². The molecule has 1 aromatic rings. The number of likely N-dealkylation sites (tertiary alicyclic amines) is 1. The van der Waals surface area contributed by atoms with Crippen molar-refractivity contribution in [3.05, 3.63) is 35.9 Å². The van der Waals surface area contributed by atoms with E-state index in [1.165, 1.54) is 5.56 Å². The Balaban J connectivity index is 2.03. The molecule has 3 heteroatoms. The summed E-state index contributed by atoms with van der Waals surface area (Å²) in [6.07, 6.45) is 1.74. The van der Waals surface area contributed by atoms with Gasteiger partial charge in [-0.25, -0.2) is 0 Å². The Morgan fingerprint density at radius 3 is 2.62 bits per heavy atom. The summed E-state index contributed by atoms with van der Waals surface area (Å²) in [5.74, 6) is 0.713. The standard InChI is InChI=1S/C13H16BrNO/c14-9-12(11-5-2-1-3-6-11)10-15-8-4-7-13(15)16/h1-3,5-6,12H,4,7-10H2. The van der Waals surface area contributed by atoms with Crippen LogP contribution in [-0.4, -0.2) is 29.2 Å².